The van der Waals surface area contributed by atoms with E-state index in [0.29, 0.717) is 12.1 Å². The second kappa shape index (κ2) is 8.10. The highest BCUT2D eigenvalue weighted by Crippen LogP contribution is 2.24. The summed E-state index contributed by atoms with van der Waals surface area (Å²) in [6.07, 6.45) is 0.720. The molecule has 5 nitrogen and oxygen atoms in total. The van der Waals surface area contributed by atoms with Gasteiger partial charge in [0.25, 0.3) is 5.91 Å². The monoisotopic (exact) mass is 368 g/mol. The predicted molar refractivity (Wildman–Crippen MR) is 102 cm³/mol. The summed E-state index contributed by atoms with van der Waals surface area (Å²) in [6, 6.07) is 11.3. The Morgan fingerprint density at radius 2 is 2.00 bits per heavy atom. The van der Waals surface area contributed by atoms with Crippen LogP contribution in [0.15, 0.2) is 41.8 Å². The molecule has 1 amide bonds. The van der Waals surface area contributed by atoms with E-state index < -0.39 is 5.97 Å². The molecule has 0 spiro atoms. The van der Waals surface area contributed by atoms with Crippen molar-refractivity contribution < 1.29 is 14.3 Å². The van der Waals surface area contributed by atoms with Gasteiger partial charge in [0.2, 0.25) is 0 Å². The molecule has 3 rings (SSSR count). The van der Waals surface area contributed by atoms with Gasteiger partial charge in [0.05, 0.1) is 17.6 Å². The number of aryl methyl sites for hydroxylation is 1. The zero-order chi connectivity index (χ0) is 18.5. The van der Waals surface area contributed by atoms with Crippen LogP contribution in [-0.2, 0) is 22.5 Å². The number of fused-ring (bicyclic) bond motifs is 1. The molecule has 134 valence electrons. The Bertz CT molecular complexity index is 936. The first-order valence-corrected chi connectivity index (χ1v) is 9.32. The Labute approximate surface area is 156 Å². The zero-order valence-electron chi connectivity index (χ0n) is 14.7. The number of aromatic nitrogens is 1. The summed E-state index contributed by atoms with van der Waals surface area (Å²) in [6.45, 7) is 4.00. The molecule has 0 fully saturated rings. The van der Waals surface area contributed by atoms with Crippen LogP contribution < -0.4 is 5.32 Å². The zero-order valence-corrected chi connectivity index (χ0v) is 15.6. The van der Waals surface area contributed by atoms with E-state index in [9.17, 15) is 9.59 Å². The summed E-state index contributed by atoms with van der Waals surface area (Å²) in [4.78, 5) is 30.3. The number of ether oxygens (including phenoxy) is 1. The first-order chi connectivity index (χ1) is 12.6. The number of para-hydroxylation sites is 1. The van der Waals surface area contributed by atoms with Gasteiger partial charge >= 0.3 is 5.97 Å². The number of esters is 1. The average Bonchev–Trinajstić information content (AvgIpc) is 3.17. The molecule has 0 saturated heterocycles. The molecule has 1 N–H and O–H groups in total. The number of nitrogens with zero attached hydrogens (tertiary/aromatic N) is 1. The summed E-state index contributed by atoms with van der Waals surface area (Å²) in [5, 5.41) is 5.44. The fourth-order valence-corrected chi connectivity index (χ4v) is 3.46. The number of hydrogen-bond acceptors (Lipinski definition) is 5. The van der Waals surface area contributed by atoms with Gasteiger partial charge < -0.3 is 10.1 Å². The van der Waals surface area contributed by atoms with Crippen LogP contribution in [0.5, 0.6) is 0 Å². The molecule has 0 saturated carbocycles. The summed E-state index contributed by atoms with van der Waals surface area (Å²) in [5.41, 5.74) is 2.90. The van der Waals surface area contributed by atoms with Crippen LogP contribution in [-0.4, -0.2) is 23.5 Å². The minimum absolute atomic E-state index is 0.304. The number of hydrogen-bond donors (Lipinski definition) is 1. The van der Waals surface area contributed by atoms with Crippen molar-refractivity contribution in [2.75, 3.05) is 6.61 Å². The van der Waals surface area contributed by atoms with Crippen molar-refractivity contribution in [1.82, 2.24) is 10.3 Å². The normalized spacial score (nSPS) is 10.7. The Balaban J connectivity index is 1.73. The van der Waals surface area contributed by atoms with Gasteiger partial charge in [0, 0.05) is 16.0 Å². The third-order valence-corrected chi connectivity index (χ3v) is 5.03. The number of carbonyl (C=O) groups excluding carboxylic acids is 2. The molecule has 0 aliphatic rings. The second-order valence-electron chi connectivity index (χ2n) is 5.86. The maximum Gasteiger partial charge on any atom is 0.339 e. The maximum absolute atomic E-state index is 12.7. The topological polar surface area (TPSA) is 68.3 Å². The molecule has 6 heteroatoms. The summed E-state index contributed by atoms with van der Waals surface area (Å²) < 4.78 is 5.27. The number of thiophene rings is 1. The quantitative estimate of drug-likeness (QED) is 0.675. The van der Waals surface area contributed by atoms with Crippen LogP contribution in [0.4, 0.5) is 0 Å². The first-order valence-electron chi connectivity index (χ1n) is 8.44. The lowest BCUT2D eigenvalue weighted by atomic mass is 10.0. The number of benzene rings is 1. The van der Waals surface area contributed by atoms with Gasteiger partial charge in [-0.15, -0.1) is 11.3 Å². The van der Waals surface area contributed by atoms with Crippen LogP contribution in [0.25, 0.3) is 10.9 Å². The second-order valence-corrected chi connectivity index (χ2v) is 6.89. The van der Waals surface area contributed by atoms with Crippen LogP contribution >= 0.6 is 11.3 Å². The summed E-state index contributed by atoms with van der Waals surface area (Å²) >= 11 is 1.56. The molecule has 2 heterocycles. The van der Waals surface area contributed by atoms with Gasteiger partial charge in [-0.05, 0) is 36.4 Å². The van der Waals surface area contributed by atoms with E-state index in [0.717, 1.165) is 33.5 Å². The highest BCUT2D eigenvalue weighted by Gasteiger charge is 2.19. The lowest BCUT2D eigenvalue weighted by Crippen LogP contribution is -2.28. The number of rotatable bonds is 6. The lowest BCUT2D eigenvalue weighted by molar-refractivity contribution is -0.124. The average molecular weight is 368 g/mol. The van der Waals surface area contributed by atoms with Gasteiger partial charge in [-0.25, -0.2) is 4.79 Å². The first kappa shape index (κ1) is 18.1. The van der Waals surface area contributed by atoms with E-state index in [-0.39, 0.29) is 12.5 Å². The Morgan fingerprint density at radius 3 is 2.73 bits per heavy atom. The minimum atomic E-state index is -0.498. The molecule has 0 aliphatic carbocycles. The Kier molecular flexibility index (Phi) is 5.63. The number of carbonyl (C=O) groups is 2. The smallest absolute Gasteiger partial charge is 0.339 e. The predicted octanol–water partition coefficient (Wildman–Crippen LogP) is 3.64. The van der Waals surface area contributed by atoms with Crippen LogP contribution in [0.3, 0.4) is 0 Å². The minimum Gasteiger partial charge on any atom is -0.452 e. The van der Waals surface area contributed by atoms with Gasteiger partial charge in [0.1, 0.15) is 0 Å². The molecule has 0 atom stereocenters. The highest BCUT2D eigenvalue weighted by molar-refractivity contribution is 7.09. The molecule has 0 bridgehead atoms. The van der Waals surface area contributed by atoms with Crippen molar-refractivity contribution in [2.45, 2.75) is 26.8 Å². The van der Waals surface area contributed by atoms with E-state index in [1.54, 1.807) is 11.3 Å². The van der Waals surface area contributed by atoms with Crippen molar-refractivity contribution >= 4 is 34.1 Å². The molecule has 26 heavy (non-hydrogen) atoms. The van der Waals surface area contributed by atoms with Crippen molar-refractivity contribution in [3.05, 3.63) is 63.5 Å². The third kappa shape index (κ3) is 3.91. The van der Waals surface area contributed by atoms with Crippen molar-refractivity contribution in [1.29, 1.82) is 0 Å². The summed E-state index contributed by atoms with van der Waals surface area (Å²) in [7, 11) is 0. The van der Waals surface area contributed by atoms with E-state index in [1.165, 1.54) is 0 Å². The van der Waals surface area contributed by atoms with E-state index in [1.807, 2.05) is 55.6 Å². The van der Waals surface area contributed by atoms with Gasteiger partial charge in [-0.3, -0.25) is 9.78 Å². The van der Waals surface area contributed by atoms with Crippen LogP contribution in [0.2, 0.25) is 0 Å². The molecule has 2 aromatic heterocycles. The van der Waals surface area contributed by atoms with Gasteiger partial charge in [-0.2, -0.15) is 0 Å². The van der Waals surface area contributed by atoms with Crippen LogP contribution in [0.1, 0.15) is 33.4 Å². The largest absolute Gasteiger partial charge is 0.452 e. The third-order valence-electron chi connectivity index (χ3n) is 4.15. The van der Waals surface area contributed by atoms with E-state index in [4.69, 9.17) is 4.74 Å². The summed E-state index contributed by atoms with van der Waals surface area (Å²) in [5.74, 6) is -0.819. The number of amides is 1. The fourth-order valence-electron chi connectivity index (χ4n) is 2.82. The number of nitrogens with one attached hydrogen (secondary N) is 1. The molecular weight excluding hydrogens is 348 g/mol. The molecule has 0 radical (unpaired) electrons. The Morgan fingerprint density at radius 1 is 1.19 bits per heavy atom. The molecule has 0 aliphatic heterocycles. The fraction of sp³-hybridized carbons (Fsp3) is 0.250. The van der Waals surface area contributed by atoms with E-state index >= 15 is 0 Å². The Hall–Kier alpha value is -2.73. The van der Waals surface area contributed by atoms with Gasteiger partial charge in [0.15, 0.2) is 6.61 Å². The molecule has 1 aromatic carbocycles. The number of pyridine rings is 1. The standard InChI is InChI=1S/C20H20N2O3S/c1-3-16-13(2)19(15-8-4-5-9-17(15)22-16)20(24)25-12-18(23)21-11-14-7-6-10-26-14/h4-10H,3,11-12H2,1-2H3,(H,21,23). The lowest BCUT2D eigenvalue weighted by Gasteiger charge is -2.13. The SMILES string of the molecule is CCc1nc2ccccc2c(C(=O)OCC(=O)NCc2cccs2)c1C. The van der Waals surface area contributed by atoms with Crippen LogP contribution in [0, 0.1) is 6.92 Å². The van der Waals surface area contributed by atoms with E-state index in [2.05, 4.69) is 10.3 Å². The highest BCUT2D eigenvalue weighted by atomic mass is 32.1. The van der Waals surface area contributed by atoms with Gasteiger partial charge in [-0.1, -0.05) is 31.2 Å². The van der Waals surface area contributed by atoms with Crippen molar-refractivity contribution in [3.63, 3.8) is 0 Å². The van der Waals surface area contributed by atoms with Crippen molar-refractivity contribution in [3.8, 4) is 0 Å². The molecule has 3 aromatic rings. The maximum atomic E-state index is 12.7. The molecule has 0 unspecified atom stereocenters. The van der Waals surface area contributed by atoms with Crippen molar-refractivity contribution in [2.24, 2.45) is 0 Å². The molecular formula is C20H20N2O3S.